The van der Waals surface area contributed by atoms with Crippen LogP contribution in [0.4, 0.5) is 0 Å². The van der Waals surface area contributed by atoms with Gasteiger partial charge in [0.2, 0.25) is 0 Å². The molecule has 92 valence electrons. The van der Waals surface area contributed by atoms with Gasteiger partial charge in [-0.15, -0.1) is 0 Å². The number of carboxylic acids is 2. The second-order valence-electron chi connectivity index (χ2n) is 4.90. The number of carboxylic acid groups (broad SMARTS) is 2. The smallest absolute Gasteiger partial charge is 0.310 e. The molecular formula is C12H20O4. The molecule has 1 aliphatic rings. The summed E-state index contributed by atoms with van der Waals surface area (Å²) in [4.78, 5) is 22.6. The summed E-state index contributed by atoms with van der Waals surface area (Å²) in [7, 11) is 0. The third-order valence-corrected chi connectivity index (χ3v) is 4.01. The maximum absolute atomic E-state index is 11.4. The second-order valence-corrected chi connectivity index (χ2v) is 4.90. The topological polar surface area (TPSA) is 74.6 Å². The van der Waals surface area contributed by atoms with E-state index in [0.29, 0.717) is 6.42 Å². The van der Waals surface area contributed by atoms with E-state index >= 15 is 0 Å². The van der Waals surface area contributed by atoms with Gasteiger partial charge in [0, 0.05) is 0 Å². The molecule has 1 aliphatic carbocycles. The van der Waals surface area contributed by atoms with E-state index in [2.05, 4.69) is 0 Å². The van der Waals surface area contributed by atoms with Gasteiger partial charge in [-0.25, -0.2) is 0 Å². The van der Waals surface area contributed by atoms with Crippen molar-refractivity contribution in [3.05, 3.63) is 0 Å². The second kappa shape index (κ2) is 4.85. The zero-order valence-electron chi connectivity index (χ0n) is 9.90. The van der Waals surface area contributed by atoms with Crippen LogP contribution in [0.3, 0.4) is 0 Å². The molecule has 0 heterocycles. The average molecular weight is 228 g/mol. The largest absolute Gasteiger partial charge is 0.481 e. The molecule has 4 heteroatoms. The molecule has 4 nitrogen and oxygen atoms in total. The van der Waals surface area contributed by atoms with E-state index in [4.69, 9.17) is 5.11 Å². The summed E-state index contributed by atoms with van der Waals surface area (Å²) in [6.07, 6.45) is 3.84. The first kappa shape index (κ1) is 13.0. The Bertz CT molecular complexity index is 285. The molecule has 0 aromatic rings. The number of rotatable bonds is 4. The van der Waals surface area contributed by atoms with Crippen LogP contribution < -0.4 is 0 Å². The van der Waals surface area contributed by atoms with Crippen molar-refractivity contribution < 1.29 is 19.8 Å². The number of aliphatic carboxylic acids is 2. The van der Waals surface area contributed by atoms with Gasteiger partial charge in [-0.3, -0.25) is 9.59 Å². The maximum Gasteiger partial charge on any atom is 0.310 e. The van der Waals surface area contributed by atoms with Crippen LogP contribution in [0.1, 0.15) is 46.0 Å². The minimum Gasteiger partial charge on any atom is -0.481 e. The zero-order valence-corrected chi connectivity index (χ0v) is 9.90. The fraction of sp³-hybridized carbons (Fsp3) is 0.833. The molecule has 0 amide bonds. The number of hydrogen-bond acceptors (Lipinski definition) is 2. The first-order chi connectivity index (χ1) is 7.44. The van der Waals surface area contributed by atoms with Crippen LogP contribution in [0.25, 0.3) is 0 Å². The third kappa shape index (κ3) is 2.06. The highest BCUT2D eigenvalue weighted by Crippen LogP contribution is 2.47. The zero-order chi connectivity index (χ0) is 12.3. The lowest BCUT2D eigenvalue weighted by Gasteiger charge is -2.42. The fourth-order valence-electron chi connectivity index (χ4n) is 2.95. The third-order valence-electron chi connectivity index (χ3n) is 4.01. The van der Waals surface area contributed by atoms with Crippen molar-refractivity contribution in [3.8, 4) is 0 Å². The summed E-state index contributed by atoms with van der Waals surface area (Å²) in [6, 6.07) is 0. The molecule has 3 atom stereocenters. The molecule has 0 bridgehead atoms. The molecule has 1 rings (SSSR count). The van der Waals surface area contributed by atoms with Crippen molar-refractivity contribution in [1.29, 1.82) is 0 Å². The molecule has 0 aliphatic heterocycles. The van der Waals surface area contributed by atoms with Gasteiger partial charge in [0.15, 0.2) is 0 Å². The molecule has 0 spiro atoms. The number of carbonyl (C=O) groups is 2. The molecule has 16 heavy (non-hydrogen) atoms. The Kier molecular flexibility index (Phi) is 3.94. The van der Waals surface area contributed by atoms with Crippen LogP contribution in [0.5, 0.6) is 0 Å². The molecule has 1 fully saturated rings. The van der Waals surface area contributed by atoms with Gasteiger partial charge in [-0.05, 0) is 32.1 Å². The standard InChI is InChI=1S/C12H20O4/c1-3-5-8-6-4-7-9(10(13)14)12(8,2)11(15)16/h8-9H,3-7H2,1-2H3,(H,13,14)(H,15,16). The van der Waals surface area contributed by atoms with E-state index in [9.17, 15) is 14.7 Å². The minimum atomic E-state index is -1.10. The predicted octanol–water partition coefficient (Wildman–Crippen LogP) is 2.38. The van der Waals surface area contributed by atoms with E-state index in [-0.39, 0.29) is 5.92 Å². The Morgan fingerprint density at radius 1 is 1.31 bits per heavy atom. The highest BCUT2D eigenvalue weighted by molar-refractivity contribution is 5.83. The van der Waals surface area contributed by atoms with E-state index < -0.39 is 23.3 Å². The first-order valence-corrected chi connectivity index (χ1v) is 5.90. The number of hydrogen-bond donors (Lipinski definition) is 2. The lowest BCUT2D eigenvalue weighted by atomic mass is 9.60. The lowest BCUT2D eigenvalue weighted by molar-refractivity contribution is -0.169. The van der Waals surface area contributed by atoms with Crippen molar-refractivity contribution in [2.45, 2.75) is 46.0 Å². The predicted molar refractivity (Wildman–Crippen MR) is 59.1 cm³/mol. The molecule has 0 aromatic heterocycles. The molecule has 3 unspecified atom stereocenters. The van der Waals surface area contributed by atoms with Crippen molar-refractivity contribution in [2.75, 3.05) is 0 Å². The summed E-state index contributed by atoms with van der Waals surface area (Å²) in [5.41, 5.74) is -1.10. The SMILES string of the molecule is CCCC1CCCC(C(=O)O)C1(C)C(=O)O. The van der Waals surface area contributed by atoms with Gasteiger partial charge in [0.25, 0.3) is 0 Å². The van der Waals surface area contributed by atoms with E-state index in [1.165, 1.54) is 0 Å². The Labute approximate surface area is 95.7 Å². The minimum absolute atomic E-state index is 0.00940. The van der Waals surface area contributed by atoms with E-state index in [1.807, 2.05) is 6.92 Å². The summed E-state index contributed by atoms with van der Waals surface area (Å²) >= 11 is 0. The highest BCUT2D eigenvalue weighted by Gasteiger charge is 2.52. The lowest BCUT2D eigenvalue weighted by Crippen LogP contribution is -2.48. The van der Waals surface area contributed by atoms with Crippen molar-refractivity contribution in [3.63, 3.8) is 0 Å². The van der Waals surface area contributed by atoms with Crippen LogP contribution in [0.2, 0.25) is 0 Å². The molecular weight excluding hydrogens is 208 g/mol. The van der Waals surface area contributed by atoms with E-state index in [1.54, 1.807) is 6.92 Å². The highest BCUT2D eigenvalue weighted by atomic mass is 16.4. The molecule has 2 N–H and O–H groups in total. The van der Waals surface area contributed by atoms with Gasteiger partial charge >= 0.3 is 11.9 Å². The van der Waals surface area contributed by atoms with Crippen LogP contribution in [0, 0.1) is 17.3 Å². The van der Waals surface area contributed by atoms with Crippen molar-refractivity contribution >= 4 is 11.9 Å². The van der Waals surface area contributed by atoms with Gasteiger partial charge < -0.3 is 10.2 Å². The summed E-state index contributed by atoms with van der Waals surface area (Å²) in [5.74, 6) is -2.68. The van der Waals surface area contributed by atoms with Gasteiger partial charge in [0.1, 0.15) is 0 Å². The van der Waals surface area contributed by atoms with Crippen LogP contribution in [-0.4, -0.2) is 22.2 Å². The van der Waals surface area contributed by atoms with Crippen molar-refractivity contribution in [1.82, 2.24) is 0 Å². The van der Waals surface area contributed by atoms with Gasteiger partial charge in [-0.1, -0.05) is 19.8 Å². The summed E-state index contributed by atoms with van der Waals surface area (Å²) in [6.45, 7) is 3.61. The monoisotopic (exact) mass is 228 g/mol. The Hall–Kier alpha value is -1.06. The molecule has 0 radical (unpaired) electrons. The van der Waals surface area contributed by atoms with E-state index in [0.717, 1.165) is 25.7 Å². The summed E-state index contributed by atoms with van der Waals surface area (Å²) < 4.78 is 0. The summed E-state index contributed by atoms with van der Waals surface area (Å²) in [5, 5.41) is 18.5. The van der Waals surface area contributed by atoms with Crippen LogP contribution in [-0.2, 0) is 9.59 Å². The molecule has 1 saturated carbocycles. The molecule has 0 saturated heterocycles. The Morgan fingerprint density at radius 3 is 2.38 bits per heavy atom. The first-order valence-electron chi connectivity index (χ1n) is 5.90. The van der Waals surface area contributed by atoms with Gasteiger partial charge in [0.05, 0.1) is 11.3 Å². The Balaban J connectivity index is 3.02. The van der Waals surface area contributed by atoms with Crippen LogP contribution >= 0.6 is 0 Å². The normalized spacial score (nSPS) is 34.6. The van der Waals surface area contributed by atoms with Crippen molar-refractivity contribution in [2.24, 2.45) is 17.3 Å². The molecule has 0 aromatic carbocycles. The average Bonchev–Trinajstić information content (AvgIpc) is 2.20. The Morgan fingerprint density at radius 2 is 1.94 bits per heavy atom. The fourth-order valence-corrected chi connectivity index (χ4v) is 2.95. The van der Waals surface area contributed by atoms with Crippen LogP contribution in [0.15, 0.2) is 0 Å². The quantitative estimate of drug-likeness (QED) is 0.774. The van der Waals surface area contributed by atoms with Gasteiger partial charge in [-0.2, -0.15) is 0 Å². The maximum atomic E-state index is 11.4.